The molecule has 208 valence electrons. The molecular formula is C30H39N5O4. The Morgan fingerprint density at radius 1 is 0.923 bits per heavy atom. The summed E-state index contributed by atoms with van der Waals surface area (Å²) in [4.78, 5) is 22.3. The fourth-order valence-corrected chi connectivity index (χ4v) is 5.50. The van der Waals surface area contributed by atoms with Gasteiger partial charge in [-0.2, -0.15) is 4.98 Å². The summed E-state index contributed by atoms with van der Waals surface area (Å²) in [5.74, 6) is 2.52. The minimum atomic E-state index is 0.0304. The van der Waals surface area contributed by atoms with E-state index in [0.717, 1.165) is 43.6 Å². The molecular weight excluding hydrogens is 494 g/mol. The van der Waals surface area contributed by atoms with Gasteiger partial charge in [0.25, 0.3) is 0 Å². The number of hydrogen-bond donors (Lipinski definition) is 1. The first-order chi connectivity index (χ1) is 19.1. The van der Waals surface area contributed by atoms with Crippen LogP contribution in [0.1, 0.15) is 49.1 Å². The molecule has 1 N–H and O–H groups in total. The molecule has 0 bridgehead atoms. The number of likely N-dealkylation sites (tertiary alicyclic amines) is 2. The summed E-state index contributed by atoms with van der Waals surface area (Å²) in [6.07, 6.45) is 5.57. The van der Waals surface area contributed by atoms with Gasteiger partial charge in [0.2, 0.25) is 17.6 Å². The highest BCUT2D eigenvalue weighted by Crippen LogP contribution is 2.31. The number of piperidine rings is 2. The number of benzene rings is 2. The summed E-state index contributed by atoms with van der Waals surface area (Å²) >= 11 is 0. The van der Waals surface area contributed by atoms with Gasteiger partial charge in [0.15, 0.2) is 11.5 Å². The standard InChI is InChI=1S/C30H39N5O4/c1-37-26-10-9-25(18-27(26)38-2)29-32-28(39-33-29)21-35-15-11-24(12-16-35)30(36)31-19-22-7-6-8-23(17-22)20-34-13-4-3-5-14-34/h6-10,17-18,24H,3-5,11-16,19-21H2,1-2H3,(H,31,36). The highest BCUT2D eigenvalue weighted by molar-refractivity contribution is 5.78. The molecule has 9 heteroatoms. The number of rotatable bonds is 10. The molecule has 2 aromatic carbocycles. The SMILES string of the molecule is COc1ccc(-c2noc(CN3CCC(C(=O)NCc4cccc(CN5CCCCC5)c4)CC3)n2)cc1OC. The minimum absolute atomic E-state index is 0.0304. The van der Waals surface area contributed by atoms with Gasteiger partial charge in [-0.25, -0.2) is 0 Å². The quantitative estimate of drug-likeness (QED) is 0.413. The predicted molar refractivity (Wildman–Crippen MR) is 148 cm³/mol. The third-order valence-electron chi connectivity index (χ3n) is 7.74. The van der Waals surface area contributed by atoms with E-state index in [1.54, 1.807) is 14.2 Å². The maximum Gasteiger partial charge on any atom is 0.241 e. The molecule has 39 heavy (non-hydrogen) atoms. The minimum Gasteiger partial charge on any atom is -0.493 e. The van der Waals surface area contributed by atoms with Crippen molar-refractivity contribution < 1.29 is 18.8 Å². The first-order valence-electron chi connectivity index (χ1n) is 14.0. The molecule has 2 aliphatic heterocycles. The van der Waals surface area contributed by atoms with Gasteiger partial charge in [-0.15, -0.1) is 0 Å². The topological polar surface area (TPSA) is 93.0 Å². The zero-order valence-corrected chi connectivity index (χ0v) is 23.0. The Balaban J connectivity index is 1.07. The summed E-state index contributed by atoms with van der Waals surface area (Å²) in [5, 5.41) is 7.31. The second-order valence-electron chi connectivity index (χ2n) is 10.5. The van der Waals surface area contributed by atoms with E-state index in [1.807, 2.05) is 18.2 Å². The number of nitrogens with zero attached hydrogens (tertiary/aromatic N) is 4. The molecule has 9 nitrogen and oxygen atoms in total. The highest BCUT2D eigenvalue weighted by atomic mass is 16.5. The summed E-state index contributed by atoms with van der Waals surface area (Å²) < 4.78 is 16.2. The second-order valence-corrected chi connectivity index (χ2v) is 10.5. The Bertz CT molecular complexity index is 1230. The van der Waals surface area contributed by atoms with Crippen LogP contribution in [0.25, 0.3) is 11.4 Å². The Morgan fingerprint density at radius 2 is 1.67 bits per heavy atom. The molecule has 3 heterocycles. The van der Waals surface area contributed by atoms with Crippen LogP contribution in [0.2, 0.25) is 0 Å². The molecule has 2 saturated heterocycles. The van der Waals surface area contributed by atoms with Crippen molar-refractivity contribution in [3.8, 4) is 22.9 Å². The van der Waals surface area contributed by atoms with Crippen molar-refractivity contribution in [2.45, 2.75) is 51.7 Å². The molecule has 0 saturated carbocycles. The number of carbonyl (C=O) groups is 1. The van der Waals surface area contributed by atoms with Crippen LogP contribution in [-0.2, 0) is 24.4 Å². The Morgan fingerprint density at radius 3 is 2.44 bits per heavy atom. The van der Waals surface area contributed by atoms with Crippen LogP contribution < -0.4 is 14.8 Å². The van der Waals surface area contributed by atoms with Crippen LogP contribution in [0, 0.1) is 5.92 Å². The van der Waals surface area contributed by atoms with E-state index in [2.05, 4.69) is 49.5 Å². The fraction of sp³-hybridized carbons (Fsp3) is 0.500. The van der Waals surface area contributed by atoms with Crippen molar-refractivity contribution in [2.75, 3.05) is 40.4 Å². The zero-order chi connectivity index (χ0) is 27.0. The average molecular weight is 534 g/mol. The van der Waals surface area contributed by atoms with E-state index in [1.165, 1.54) is 37.9 Å². The zero-order valence-electron chi connectivity index (χ0n) is 23.0. The monoisotopic (exact) mass is 533 g/mol. The van der Waals surface area contributed by atoms with Crippen LogP contribution in [0.3, 0.4) is 0 Å². The molecule has 0 aliphatic carbocycles. The van der Waals surface area contributed by atoms with Gasteiger partial charge in [-0.1, -0.05) is 35.8 Å². The summed E-state index contributed by atoms with van der Waals surface area (Å²) in [6, 6.07) is 14.2. The van der Waals surface area contributed by atoms with Crippen molar-refractivity contribution in [3.05, 3.63) is 59.5 Å². The molecule has 5 rings (SSSR count). The molecule has 2 aliphatic rings. The van der Waals surface area contributed by atoms with Crippen LogP contribution >= 0.6 is 0 Å². The van der Waals surface area contributed by atoms with Crippen LogP contribution in [0.4, 0.5) is 0 Å². The molecule has 3 aromatic rings. The lowest BCUT2D eigenvalue weighted by atomic mass is 9.96. The first kappa shape index (κ1) is 27.1. The molecule has 1 aromatic heterocycles. The van der Waals surface area contributed by atoms with E-state index in [0.29, 0.717) is 36.3 Å². The fourth-order valence-electron chi connectivity index (χ4n) is 5.50. The lowest BCUT2D eigenvalue weighted by Crippen LogP contribution is -2.40. The molecule has 0 spiro atoms. The van der Waals surface area contributed by atoms with Crippen LogP contribution in [0.5, 0.6) is 11.5 Å². The van der Waals surface area contributed by atoms with Crippen LogP contribution in [-0.4, -0.2) is 66.2 Å². The van der Waals surface area contributed by atoms with E-state index in [4.69, 9.17) is 14.0 Å². The Kier molecular flexibility index (Phi) is 9.11. The van der Waals surface area contributed by atoms with E-state index in [9.17, 15) is 4.79 Å². The maximum atomic E-state index is 12.9. The van der Waals surface area contributed by atoms with E-state index in [-0.39, 0.29) is 11.8 Å². The largest absolute Gasteiger partial charge is 0.493 e. The van der Waals surface area contributed by atoms with Crippen molar-refractivity contribution in [1.82, 2.24) is 25.3 Å². The lowest BCUT2D eigenvalue weighted by Gasteiger charge is -2.30. The molecule has 2 fully saturated rings. The summed E-state index contributed by atoms with van der Waals surface area (Å²) in [5.41, 5.74) is 3.29. The van der Waals surface area contributed by atoms with Gasteiger partial charge in [0.1, 0.15) is 0 Å². The lowest BCUT2D eigenvalue weighted by molar-refractivity contribution is -0.126. The van der Waals surface area contributed by atoms with E-state index >= 15 is 0 Å². The first-order valence-corrected chi connectivity index (χ1v) is 14.0. The predicted octanol–water partition coefficient (Wildman–Crippen LogP) is 4.27. The van der Waals surface area contributed by atoms with Crippen molar-refractivity contribution in [1.29, 1.82) is 0 Å². The number of carbonyl (C=O) groups excluding carboxylic acids is 1. The molecule has 0 atom stereocenters. The molecule has 1 amide bonds. The Labute approximate surface area is 230 Å². The smallest absolute Gasteiger partial charge is 0.241 e. The van der Waals surface area contributed by atoms with Crippen molar-refractivity contribution >= 4 is 5.91 Å². The second kappa shape index (κ2) is 13.1. The number of ether oxygens (including phenoxy) is 2. The van der Waals surface area contributed by atoms with E-state index < -0.39 is 0 Å². The number of methoxy groups -OCH3 is 2. The third kappa shape index (κ3) is 7.16. The van der Waals surface area contributed by atoms with Gasteiger partial charge >= 0.3 is 0 Å². The maximum absolute atomic E-state index is 12.9. The number of aromatic nitrogens is 2. The van der Waals surface area contributed by atoms with Gasteiger partial charge in [-0.05, 0) is 81.2 Å². The highest BCUT2D eigenvalue weighted by Gasteiger charge is 2.26. The summed E-state index contributed by atoms with van der Waals surface area (Å²) in [6.45, 7) is 6.15. The van der Waals surface area contributed by atoms with Gasteiger partial charge in [0, 0.05) is 24.6 Å². The molecule has 0 radical (unpaired) electrons. The number of nitrogens with one attached hydrogen (secondary N) is 1. The van der Waals surface area contributed by atoms with Crippen molar-refractivity contribution in [3.63, 3.8) is 0 Å². The van der Waals surface area contributed by atoms with Gasteiger partial charge < -0.3 is 19.3 Å². The van der Waals surface area contributed by atoms with Crippen LogP contribution in [0.15, 0.2) is 47.0 Å². The number of amides is 1. The average Bonchev–Trinajstić information content (AvgIpc) is 3.45. The van der Waals surface area contributed by atoms with Gasteiger partial charge in [-0.3, -0.25) is 14.6 Å². The Hall–Kier alpha value is -3.43. The third-order valence-corrected chi connectivity index (χ3v) is 7.74. The normalized spacial score (nSPS) is 17.2. The summed E-state index contributed by atoms with van der Waals surface area (Å²) in [7, 11) is 3.20. The van der Waals surface area contributed by atoms with Crippen molar-refractivity contribution in [2.24, 2.45) is 5.92 Å². The molecule has 0 unspecified atom stereocenters. The number of hydrogen-bond acceptors (Lipinski definition) is 8. The van der Waals surface area contributed by atoms with Gasteiger partial charge in [0.05, 0.1) is 20.8 Å².